The zero-order chi connectivity index (χ0) is 36.8. The Bertz CT molecular complexity index is 1040. The van der Waals surface area contributed by atoms with Crippen molar-refractivity contribution in [3.63, 3.8) is 0 Å². The molecule has 1 atom stereocenters. The highest BCUT2D eigenvalue weighted by Crippen LogP contribution is 2.36. The average molecular weight is 721 g/mol. The molecule has 0 aliphatic heterocycles. The Morgan fingerprint density at radius 3 is 1.40 bits per heavy atom. The van der Waals surface area contributed by atoms with Crippen molar-refractivity contribution >= 4 is 19.8 Å². The Hall–Kier alpha value is -2.51. The fourth-order valence-corrected chi connectivity index (χ4v) is 5.17. The van der Waals surface area contributed by atoms with Crippen molar-refractivity contribution in [3.8, 4) is 0 Å². The molecule has 0 spiro atoms. The van der Waals surface area contributed by atoms with Gasteiger partial charge in [0.1, 0.15) is 6.61 Å². The molecule has 8 nitrogen and oxygen atoms in total. The predicted molar refractivity (Wildman–Crippen MR) is 207 cm³/mol. The minimum absolute atomic E-state index is 0.180. The summed E-state index contributed by atoms with van der Waals surface area (Å²) >= 11 is 0. The van der Waals surface area contributed by atoms with Crippen molar-refractivity contribution < 1.29 is 37.9 Å². The molecule has 0 bridgehead atoms. The number of hydrogen-bond acceptors (Lipinski definition) is 6. The van der Waals surface area contributed by atoms with Gasteiger partial charge in [-0.2, -0.15) is 0 Å². The first-order valence-electron chi connectivity index (χ1n) is 19.2. The minimum atomic E-state index is -4.77. The molecule has 0 aromatic heterocycles. The van der Waals surface area contributed by atoms with Crippen LogP contribution in [0.1, 0.15) is 155 Å². The first-order chi connectivity index (χ1) is 24.3. The Balaban J connectivity index is 4.11. The molecule has 0 saturated carbocycles. The molecule has 0 saturated heterocycles. The summed E-state index contributed by atoms with van der Waals surface area (Å²) in [6.45, 7) is 3.55. The summed E-state index contributed by atoms with van der Waals surface area (Å²) in [5.41, 5.74) is 0. The van der Waals surface area contributed by atoms with Crippen LogP contribution in [0.5, 0.6) is 0 Å². The van der Waals surface area contributed by atoms with Crippen LogP contribution in [0.15, 0.2) is 72.9 Å². The van der Waals surface area contributed by atoms with Crippen LogP contribution in [0.3, 0.4) is 0 Å². The van der Waals surface area contributed by atoms with Crippen LogP contribution >= 0.6 is 7.82 Å². The van der Waals surface area contributed by atoms with Crippen LogP contribution in [0, 0.1) is 0 Å². The van der Waals surface area contributed by atoms with Crippen molar-refractivity contribution in [2.45, 2.75) is 161 Å². The highest BCUT2D eigenvalue weighted by atomic mass is 31.2. The zero-order valence-corrected chi connectivity index (χ0v) is 32.2. The first kappa shape index (κ1) is 47.5. The molecule has 0 aromatic carbocycles. The van der Waals surface area contributed by atoms with E-state index in [1.54, 1.807) is 0 Å². The molecule has 0 fully saturated rings. The third-order valence-electron chi connectivity index (χ3n) is 7.70. The van der Waals surface area contributed by atoms with Gasteiger partial charge in [-0.15, -0.1) is 0 Å². The van der Waals surface area contributed by atoms with Gasteiger partial charge in [0.2, 0.25) is 0 Å². The van der Waals surface area contributed by atoms with Gasteiger partial charge in [0.05, 0.1) is 6.61 Å². The third-order valence-corrected chi connectivity index (χ3v) is 8.18. The van der Waals surface area contributed by atoms with E-state index >= 15 is 0 Å². The predicted octanol–water partition coefficient (Wildman–Crippen LogP) is 11.5. The Morgan fingerprint density at radius 1 is 0.520 bits per heavy atom. The lowest BCUT2D eigenvalue weighted by molar-refractivity contribution is -0.161. The standard InChI is InChI=1S/C41H69O8P/c1-3-5-7-9-11-13-15-17-19-20-22-23-25-27-29-31-33-35-40(42)47-37-39(38-48-50(44,45)46)49-41(43)36-34-32-30-28-26-24-21-18-16-14-12-10-8-6-4-2/h11-14,17-19,21-23,27,29,39H,3-10,15-16,20,24-26,28,30-38H2,1-2H3,(H2,44,45,46)/b13-11-,14-12-,19-17-,21-18-,23-22-,29-27-/t39-/m1/s1. The van der Waals surface area contributed by atoms with E-state index in [0.29, 0.717) is 12.8 Å². The summed E-state index contributed by atoms with van der Waals surface area (Å²) in [5, 5.41) is 0. The van der Waals surface area contributed by atoms with E-state index in [9.17, 15) is 14.2 Å². The van der Waals surface area contributed by atoms with Crippen LogP contribution in [0.25, 0.3) is 0 Å². The number of carbonyl (C=O) groups excluding carboxylic acids is 2. The number of unbranched alkanes of at least 4 members (excludes halogenated alkanes) is 12. The smallest absolute Gasteiger partial charge is 0.462 e. The highest BCUT2D eigenvalue weighted by molar-refractivity contribution is 7.46. The molecule has 0 heterocycles. The van der Waals surface area contributed by atoms with Gasteiger partial charge >= 0.3 is 19.8 Å². The Labute approximate surface area is 304 Å². The maximum atomic E-state index is 12.4. The molecule has 9 heteroatoms. The summed E-state index contributed by atoms with van der Waals surface area (Å²) in [4.78, 5) is 42.7. The maximum Gasteiger partial charge on any atom is 0.469 e. The molecule has 0 rings (SSSR count). The van der Waals surface area contributed by atoms with Gasteiger partial charge in [0.25, 0.3) is 0 Å². The van der Waals surface area contributed by atoms with E-state index < -0.39 is 32.5 Å². The lowest BCUT2D eigenvalue weighted by atomic mass is 10.1. The second-order valence-corrected chi connectivity index (χ2v) is 13.8. The lowest BCUT2D eigenvalue weighted by Crippen LogP contribution is -2.29. The summed E-state index contributed by atoms with van der Waals surface area (Å²) in [6.07, 6.45) is 46.2. The fourth-order valence-electron chi connectivity index (χ4n) is 4.81. The van der Waals surface area contributed by atoms with E-state index in [1.807, 2.05) is 6.08 Å². The SMILES string of the molecule is CCCCC/C=C\C/C=C\C/C=C\C/C=C\CCCC(=O)OC[C@H](COP(=O)(O)O)OC(=O)CCCCCCC/C=C\C/C=C\CCCCC. The van der Waals surface area contributed by atoms with E-state index in [0.717, 1.165) is 64.2 Å². The Morgan fingerprint density at radius 2 is 0.920 bits per heavy atom. The van der Waals surface area contributed by atoms with Crippen molar-refractivity contribution in [1.82, 2.24) is 0 Å². The van der Waals surface area contributed by atoms with Crippen LogP contribution in [-0.4, -0.2) is 41.0 Å². The molecule has 50 heavy (non-hydrogen) atoms. The van der Waals surface area contributed by atoms with Crippen molar-refractivity contribution in [3.05, 3.63) is 72.9 Å². The van der Waals surface area contributed by atoms with Crippen molar-refractivity contribution in [2.75, 3.05) is 13.2 Å². The van der Waals surface area contributed by atoms with E-state index in [-0.39, 0.29) is 19.4 Å². The fraction of sp³-hybridized carbons (Fsp3) is 0.659. The number of carbonyl (C=O) groups is 2. The van der Waals surface area contributed by atoms with E-state index in [4.69, 9.17) is 19.3 Å². The molecule has 0 aliphatic carbocycles. The van der Waals surface area contributed by atoms with Gasteiger partial charge in [-0.05, 0) is 83.5 Å². The highest BCUT2D eigenvalue weighted by Gasteiger charge is 2.22. The van der Waals surface area contributed by atoms with Gasteiger partial charge in [-0.1, -0.05) is 132 Å². The zero-order valence-electron chi connectivity index (χ0n) is 31.3. The molecule has 0 aliphatic rings. The summed E-state index contributed by atoms with van der Waals surface area (Å²) in [6, 6.07) is 0. The van der Waals surface area contributed by atoms with Crippen LogP contribution < -0.4 is 0 Å². The molecular formula is C41H69O8P. The van der Waals surface area contributed by atoms with E-state index in [1.165, 1.54) is 51.4 Å². The number of hydrogen-bond donors (Lipinski definition) is 2. The molecular weight excluding hydrogens is 651 g/mol. The van der Waals surface area contributed by atoms with Crippen molar-refractivity contribution in [1.29, 1.82) is 0 Å². The normalized spacial score (nSPS) is 13.3. The first-order valence-corrected chi connectivity index (χ1v) is 20.8. The van der Waals surface area contributed by atoms with Gasteiger partial charge < -0.3 is 19.3 Å². The topological polar surface area (TPSA) is 119 Å². The third kappa shape index (κ3) is 38.3. The minimum Gasteiger partial charge on any atom is -0.462 e. The summed E-state index contributed by atoms with van der Waals surface area (Å²) in [5.74, 6) is -0.974. The molecule has 0 amide bonds. The van der Waals surface area contributed by atoms with Gasteiger partial charge in [0, 0.05) is 12.8 Å². The van der Waals surface area contributed by atoms with Gasteiger partial charge in [-0.3, -0.25) is 14.1 Å². The number of allylic oxidation sites excluding steroid dienone is 12. The van der Waals surface area contributed by atoms with Gasteiger partial charge in [0.15, 0.2) is 6.10 Å². The molecule has 0 unspecified atom stereocenters. The average Bonchev–Trinajstić information content (AvgIpc) is 3.08. The van der Waals surface area contributed by atoms with Crippen molar-refractivity contribution in [2.24, 2.45) is 0 Å². The maximum absolute atomic E-state index is 12.4. The molecule has 0 aromatic rings. The lowest BCUT2D eigenvalue weighted by Gasteiger charge is -2.18. The number of rotatable bonds is 34. The Kier molecular flexibility index (Phi) is 34.5. The van der Waals surface area contributed by atoms with Crippen LogP contribution in [0.4, 0.5) is 0 Å². The molecule has 0 radical (unpaired) electrons. The number of phosphoric ester groups is 1. The molecule has 2 N–H and O–H groups in total. The van der Waals surface area contributed by atoms with Gasteiger partial charge in [-0.25, -0.2) is 4.57 Å². The quantitative estimate of drug-likeness (QED) is 0.0292. The second-order valence-electron chi connectivity index (χ2n) is 12.5. The summed E-state index contributed by atoms with van der Waals surface area (Å²) < 4.78 is 26.3. The number of ether oxygens (including phenoxy) is 2. The van der Waals surface area contributed by atoms with Crippen LogP contribution in [0.2, 0.25) is 0 Å². The second kappa shape index (κ2) is 36.3. The van der Waals surface area contributed by atoms with E-state index in [2.05, 4.69) is 85.2 Å². The monoisotopic (exact) mass is 720 g/mol. The number of phosphoric acid groups is 1. The summed E-state index contributed by atoms with van der Waals surface area (Å²) in [7, 11) is -4.77. The largest absolute Gasteiger partial charge is 0.469 e. The van der Waals surface area contributed by atoms with Crippen LogP contribution in [-0.2, 0) is 28.2 Å². The number of esters is 2. The molecule has 286 valence electrons.